The fourth-order valence-corrected chi connectivity index (χ4v) is 4.99. The van der Waals surface area contributed by atoms with E-state index in [4.69, 9.17) is 4.98 Å². The van der Waals surface area contributed by atoms with Crippen molar-refractivity contribution in [3.63, 3.8) is 0 Å². The molecule has 2 heterocycles. The van der Waals surface area contributed by atoms with E-state index in [2.05, 4.69) is 45.1 Å². The van der Waals surface area contributed by atoms with E-state index in [0.717, 1.165) is 40.7 Å². The van der Waals surface area contributed by atoms with Crippen LogP contribution < -0.4 is 10.2 Å². The maximum Gasteiger partial charge on any atom is 0.234 e. The van der Waals surface area contributed by atoms with Gasteiger partial charge in [0, 0.05) is 30.2 Å². The molecule has 32 heavy (non-hydrogen) atoms. The van der Waals surface area contributed by atoms with E-state index in [-0.39, 0.29) is 5.91 Å². The van der Waals surface area contributed by atoms with E-state index in [1.807, 2.05) is 48.5 Å². The van der Waals surface area contributed by atoms with E-state index >= 15 is 0 Å². The van der Waals surface area contributed by atoms with Crippen molar-refractivity contribution in [1.29, 1.82) is 0 Å². The maximum atomic E-state index is 12.7. The zero-order chi connectivity index (χ0) is 21.8. The van der Waals surface area contributed by atoms with Gasteiger partial charge in [0.25, 0.3) is 0 Å². The zero-order valence-electron chi connectivity index (χ0n) is 17.9. The van der Waals surface area contributed by atoms with E-state index in [1.54, 1.807) is 0 Å². The van der Waals surface area contributed by atoms with E-state index in [0.29, 0.717) is 5.75 Å². The van der Waals surface area contributed by atoms with Crippen molar-refractivity contribution < 1.29 is 4.79 Å². The third-order valence-electron chi connectivity index (χ3n) is 5.75. The Morgan fingerprint density at radius 3 is 2.34 bits per heavy atom. The van der Waals surface area contributed by atoms with Gasteiger partial charge in [-0.25, -0.2) is 4.98 Å². The molecule has 6 heteroatoms. The second-order valence-electron chi connectivity index (χ2n) is 7.99. The largest absolute Gasteiger partial charge is 0.372 e. The van der Waals surface area contributed by atoms with Gasteiger partial charge < -0.3 is 10.2 Å². The first-order valence-electron chi connectivity index (χ1n) is 11.1. The van der Waals surface area contributed by atoms with Crippen molar-refractivity contribution in [3.8, 4) is 5.69 Å². The molecule has 1 aliphatic rings. The van der Waals surface area contributed by atoms with Crippen molar-refractivity contribution in [1.82, 2.24) is 9.55 Å². The van der Waals surface area contributed by atoms with Crippen LogP contribution >= 0.6 is 11.8 Å². The van der Waals surface area contributed by atoms with Crippen LogP contribution in [0.4, 0.5) is 11.4 Å². The second kappa shape index (κ2) is 9.49. The number of anilines is 2. The number of carbonyl (C=O) groups excluding carboxylic acids is 1. The Morgan fingerprint density at radius 1 is 0.844 bits per heavy atom. The van der Waals surface area contributed by atoms with Crippen LogP contribution in [-0.4, -0.2) is 34.3 Å². The Hall–Kier alpha value is -3.25. The van der Waals surface area contributed by atoms with Gasteiger partial charge in [0.1, 0.15) is 0 Å². The summed E-state index contributed by atoms with van der Waals surface area (Å²) >= 11 is 1.45. The average Bonchev–Trinajstić information content (AvgIpc) is 3.23. The Morgan fingerprint density at radius 2 is 1.56 bits per heavy atom. The summed E-state index contributed by atoms with van der Waals surface area (Å²) in [6, 6.07) is 26.4. The molecule has 0 spiro atoms. The number of para-hydroxylation sites is 3. The van der Waals surface area contributed by atoms with Crippen molar-refractivity contribution >= 4 is 40.1 Å². The third kappa shape index (κ3) is 4.50. The van der Waals surface area contributed by atoms with Gasteiger partial charge in [0.05, 0.1) is 16.8 Å². The number of fused-ring (bicyclic) bond motifs is 1. The van der Waals surface area contributed by atoms with E-state index in [9.17, 15) is 4.79 Å². The molecule has 3 aromatic carbocycles. The number of amides is 1. The molecule has 0 unspecified atom stereocenters. The quantitative estimate of drug-likeness (QED) is 0.387. The second-order valence-corrected chi connectivity index (χ2v) is 8.93. The molecular weight excluding hydrogens is 416 g/mol. The Kier molecular flexibility index (Phi) is 6.12. The summed E-state index contributed by atoms with van der Waals surface area (Å²) in [5.74, 6) is 0.261. The lowest BCUT2D eigenvalue weighted by molar-refractivity contribution is -0.113. The van der Waals surface area contributed by atoms with Gasteiger partial charge >= 0.3 is 0 Å². The topological polar surface area (TPSA) is 50.2 Å². The molecule has 1 saturated heterocycles. The molecule has 0 radical (unpaired) electrons. The van der Waals surface area contributed by atoms with Gasteiger partial charge in [0.2, 0.25) is 5.91 Å². The Labute approximate surface area is 192 Å². The van der Waals surface area contributed by atoms with Gasteiger partial charge in [-0.15, -0.1) is 0 Å². The lowest BCUT2D eigenvalue weighted by Crippen LogP contribution is -2.29. The molecule has 0 bridgehead atoms. The number of benzene rings is 3. The number of thioether (sulfide) groups is 1. The minimum Gasteiger partial charge on any atom is -0.372 e. The fourth-order valence-electron chi connectivity index (χ4n) is 4.16. The number of carbonyl (C=O) groups is 1. The first-order valence-corrected chi connectivity index (χ1v) is 12.1. The third-order valence-corrected chi connectivity index (χ3v) is 6.69. The van der Waals surface area contributed by atoms with Crippen LogP contribution in [0.1, 0.15) is 19.3 Å². The summed E-state index contributed by atoms with van der Waals surface area (Å²) in [6.45, 7) is 2.23. The van der Waals surface area contributed by atoms with Crippen molar-refractivity contribution in [2.75, 3.05) is 29.1 Å². The molecule has 0 saturated carbocycles. The van der Waals surface area contributed by atoms with E-state index in [1.165, 1.54) is 36.7 Å². The van der Waals surface area contributed by atoms with Gasteiger partial charge in [-0.2, -0.15) is 0 Å². The van der Waals surface area contributed by atoms with Gasteiger partial charge in [-0.3, -0.25) is 9.36 Å². The fraction of sp³-hybridized carbons (Fsp3) is 0.231. The highest BCUT2D eigenvalue weighted by molar-refractivity contribution is 7.99. The number of hydrogen-bond acceptors (Lipinski definition) is 4. The van der Waals surface area contributed by atoms with Crippen LogP contribution in [-0.2, 0) is 4.79 Å². The summed E-state index contributed by atoms with van der Waals surface area (Å²) in [5.41, 5.74) is 5.06. The first-order chi connectivity index (χ1) is 15.8. The molecule has 1 fully saturated rings. The summed E-state index contributed by atoms with van der Waals surface area (Å²) in [4.78, 5) is 19.8. The average molecular weight is 443 g/mol. The first kappa shape index (κ1) is 20.6. The summed E-state index contributed by atoms with van der Waals surface area (Å²) in [6.07, 6.45) is 3.83. The summed E-state index contributed by atoms with van der Waals surface area (Å²) in [5, 5.41) is 3.83. The van der Waals surface area contributed by atoms with Crippen LogP contribution in [0.25, 0.3) is 16.7 Å². The summed E-state index contributed by atoms with van der Waals surface area (Å²) < 4.78 is 2.11. The Balaban J connectivity index is 1.27. The van der Waals surface area contributed by atoms with Gasteiger partial charge in [0.15, 0.2) is 5.16 Å². The molecule has 162 valence electrons. The summed E-state index contributed by atoms with van der Waals surface area (Å²) in [7, 11) is 0. The predicted octanol–water partition coefficient (Wildman–Crippen LogP) is 5.75. The monoisotopic (exact) mass is 442 g/mol. The van der Waals surface area contributed by atoms with Crippen LogP contribution in [0.5, 0.6) is 0 Å². The molecule has 0 atom stereocenters. The Bertz CT molecular complexity index is 1200. The number of imidazole rings is 1. The molecular formula is C26H26N4OS. The van der Waals surface area contributed by atoms with Crippen molar-refractivity contribution in [2.24, 2.45) is 0 Å². The normalized spacial score (nSPS) is 13.9. The van der Waals surface area contributed by atoms with Crippen LogP contribution in [0.3, 0.4) is 0 Å². The van der Waals surface area contributed by atoms with Crippen LogP contribution in [0.2, 0.25) is 0 Å². The predicted molar refractivity (Wildman–Crippen MR) is 133 cm³/mol. The number of hydrogen-bond donors (Lipinski definition) is 1. The van der Waals surface area contributed by atoms with Gasteiger partial charge in [-0.05, 0) is 67.8 Å². The van der Waals surface area contributed by atoms with Crippen molar-refractivity contribution in [2.45, 2.75) is 24.4 Å². The molecule has 0 aliphatic carbocycles. The standard InChI is InChI=1S/C26H26N4OS/c31-25(27-20-13-15-21(16-14-20)29-17-7-2-8-18-29)19-32-26-28-23-11-5-6-12-24(23)30(26)22-9-3-1-4-10-22/h1,3-6,9-16H,2,7-8,17-19H2,(H,27,31). The number of nitrogens with zero attached hydrogens (tertiary/aromatic N) is 3. The molecule has 1 aromatic heterocycles. The molecule has 5 nitrogen and oxygen atoms in total. The smallest absolute Gasteiger partial charge is 0.234 e. The highest BCUT2D eigenvalue weighted by Crippen LogP contribution is 2.28. The highest BCUT2D eigenvalue weighted by atomic mass is 32.2. The minimum atomic E-state index is -0.0348. The highest BCUT2D eigenvalue weighted by Gasteiger charge is 2.15. The molecule has 1 N–H and O–H groups in total. The van der Waals surface area contributed by atoms with Gasteiger partial charge in [-0.1, -0.05) is 42.1 Å². The van der Waals surface area contributed by atoms with Crippen molar-refractivity contribution in [3.05, 3.63) is 78.9 Å². The zero-order valence-corrected chi connectivity index (χ0v) is 18.7. The molecule has 4 aromatic rings. The lowest BCUT2D eigenvalue weighted by Gasteiger charge is -2.28. The van der Waals surface area contributed by atoms with Crippen LogP contribution in [0.15, 0.2) is 84.0 Å². The van der Waals surface area contributed by atoms with E-state index < -0.39 is 0 Å². The molecule has 5 rings (SSSR count). The maximum absolute atomic E-state index is 12.7. The minimum absolute atomic E-state index is 0.0348. The SMILES string of the molecule is O=C(CSc1nc2ccccc2n1-c1ccccc1)Nc1ccc(N2CCCCC2)cc1. The van der Waals surface area contributed by atoms with Crippen LogP contribution in [0, 0.1) is 0 Å². The number of piperidine rings is 1. The number of rotatable bonds is 6. The number of aromatic nitrogens is 2. The molecule has 1 amide bonds. The number of nitrogens with one attached hydrogen (secondary N) is 1. The lowest BCUT2D eigenvalue weighted by atomic mass is 10.1. The molecule has 1 aliphatic heterocycles.